The summed E-state index contributed by atoms with van der Waals surface area (Å²) in [6, 6.07) is 12.6. The van der Waals surface area contributed by atoms with E-state index in [1.807, 2.05) is 41.9 Å². The molecule has 0 saturated carbocycles. The molecule has 2 aromatic carbocycles. The maximum absolute atomic E-state index is 12.5. The number of aromatic nitrogens is 2. The average molecular weight is 444 g/mol. The highest BCUT2D eigenvalue weighted by atomic mass is 79.9. The standard InChI is InChI=1S/C20H22BrN5O2/c1-24(2)19(27)13-8-9-17-16(10-13)23-18(26(17)4)12-25(3)20(28)22-15-7-5-6-14(21)11-15/h5-11H,12H2,1-4H3,(H,22,28). The Morgan fingerprint density at radius 2 is 1.89 bits per heavy atom. The summed E-state index contributed by atoms with van der Waals surface area (Å²) in [5, 5.41) is 2.86. The summed E-state index contributed by atoms with van der Waals surface area (Å²) in [6.45, 7) is 0.335. The molecule has 0 fully saturated rings. The Balaban J connectivity index is 1.78. The molecule has 0 spiro atoms. The molecule has 0 atom stereocenters. The van der Waals surface area contributed by atoms with Crippen LogP contribution in [-0.4, -0.2) is 52.4 Å². The van der Waals surface area contributed by atoms with Gasteiger partial charge in [0.15, 0.2) is 0 Å². The number of rotatable bonds is 4. The fourth-order valence-electron chi connectivity index (χ4n) is 2.85. The zero-order valence-corrected chi connectivity index (χ0v) is 17.8. The lowest BCUT2D eigenvalue weighted by atomic mass is 10.2. The summed E-state index contributed by atoms with van der Waals surface area (Å²) in [5.74, 6) is 0.663. The second-order valence-corrected chi connectivity index (χ2v) is 7.70. The van der Waals surface area contributed by atoms with E-state index in [1.54, 1.807) is 38.2 Å². The van der Waals surface area contributed by atoms with Gasteiger partial charge in [-0.25, -0.2) is 9.78 Å². The minimum absolute atomic E-state index is 0.0698. The van der Waals surface area contributed by atoms with Crippen LogP contribution < -0.4 is 5.32 Å². The predicted octanol–water partition coefficient (Wildman–Crippen LogP) is 3.70. The lowest BCUT2D eigenvalue weighted by Gasteiger charge is -2.17. The molecule has 3 amide bonds. The molecule has 0 aliphatic heterocycles. The van der Waals surface area contributed by atoms with Crippen molar-refractivity contribution in [3.8, 4) is 0 Å². The number of nitrogens with one attached hydrogen (secondary N) is 1. The van der Waals surface area contributed by atoms with Crippen molar-refractivity contribution in [3.63, 3.8) is 0 Å². The summed E-state index contributed by atoms with van der Waals surface area (Å²) in [7, 11) is 7.05. The van der Waals surface area contributed by atoms with Crippen LogP contribution in [0.3, 0.4) is 0 Å². The van der Waals surface area contributed by atoms with Crippen LogP contribution in [-0.2, 0) is 13.6 Å². The van der Waals surface area contributed by atoms with Gasteiger partial charge in [0.25, 0.3) is 5.91 Å². The third kappa shape index (κ3) is 4.17. The average Bonchev–Trinajstić information content (AvgIpc) is 2.96. The quantitative estimate of drug-likeness (QED) is 0.667. The van der Waals surface area contributed by atoms with Crippen molar-refractivity contribution >= 4 is 44.6 Å². The smallest absolute Gasteiger partial charge is 0.321 e. The highest BCUT2D eigenvalue weighted by Crippen LogP contribution is 2.19. The number of carbonyl (C=O) groups is 2. The Morgan fingerprint density at radius 1 is 1.14 bits per heavy atom. The van der Waals surface area contributed by atoms with Crippen LogP contribution in [0.4, 0.5) is 10.5 Å². The lowest BCUT2D eigenvalue weighted by molar-refractivity contribution is 0.0827. The Kier molecular flexibility index (Phi) is 5.69. The first kappa shape index (κ1) is 19.9. The van der Waals surface area contributed by atoms with Gasteiger partial charge in [-0.1, -0.05) is 22.0 Å². The highest BCUT2D eigenvalue weighted by Gasteiger charge is 2.16. The number of aryl methyl sites for hydroxylation is 1. The van der Waals surface area contributed by atoms with Gasteiger partial charge in [0.05, 0.1) is 17.6 Å². The van der Waals surface area contributed by atoms with E-state index in [4.69, 9.17) is 0 Å². The van der Waals surface area contributed by atoms with Gasteiger partial charge in [0, 0.05) is 43.9 Å². The number of carbonyl (C=O) groups excluding carboxylic acids is 2. The Bertz CT molecular complexity index is 1040. The number of fused-ring (bicyclic) bond motifs is 1. The predicted molar refractivity (Wildman–Crippen MR) is 113 cm³/mol. The highest BCUT2D eigenvalue weighted by molar-refractivity contribution is 9.10. The van der Waals surface area contributed by atoms with Crippen molar-refractivity contribution in [3.05, 3.63) is 58.3 Å². The van der Waals surface area contributed by atoms with Gasteiger partial charge in [-0.05, 0) is 36.4 Å². The molecule has 146 valence electrons. The molecule has 3 rings (SSSR count). The molecule has 7 nitrogen and oxygen atoms in total. The van der Waals surface area contributed by atoms with Crippen molar-refractivity contribution < 1.29 is 9.59 Å². The number of hydrogen-bond acceptors (Lipinski definition) is 3. The molecule has 1 heterocycles. The first-order valence-corrected chi connectivity index (χ1v) is 9.50. The van der Waals surface area contributed by atoms with Gasteiger partial charge in [0.1, 0.15) is 5.82 Å². The number of imidazole rings is 1. The molecule has 0 aliphatic carbocycles. The van der Waals surface area contributed by atoms with Crippen LogP contribution in [0.5, 0.6) is 0 Å². The van der Waals surface area contributed by atoms with Crippen molar-refractivity contribution in [2.45, 2.75) is 6.54 Å². The Hall–Kier alpha value is -2.87. The zero-order chi connectivity index (χ0) is 20.4. The normalized spacial score (nSPS) is 10.8. The topological polar surface area (TPSA) is 70.5 Å². The van der Waals surface area contributed by atoms with Crippen molar-refractivity contribution in [1.29, 1.82) is 0 Å². The third-order valence-electron chi connectivity index (χ3n) is 4.43. The van der Waals surface area contributed by atoms with E-state index >= 15 is 0 Å². The van der Waals surface area contributed by atoms with Crippen LogP contribution in [0.15, 0.2) is 46.9 Å². The maximum atomic E-state index is 12.5. The van der Waals surface area contributed by atoms with E-state index < -0.39 is 0 Å². The fraction of sp³-hybridized carbons (Fsp3) is 0.250. The third-order valence-corrected chi connectivity index (χ3v) is 4.92. The van der Waals surface area contributed by atoms with E-state index in [-0.39, 0.29) is 11.9 Å². The van der Waals surface area contributed by atoms with Crippen LogP contribution in [0.1, 0.15) is 16.2 Å². The van der Waals surface area contributed by atoms with Crippen molar-refractivity contribution in [2.24, 2.45) is 7.05 Å². The molecular formula is C20H22BrN5O2. The Labute approximate surface area is 172 Å². The number of benzene rings is 2. The molecule has 28 heavy (non-hydrogen) atoms. The summed E-state index contributed by atoms with van der Waals surface area (Å²) in [5.41, 5.74) is 2.93. The number of hydrogen-bond donors (Lipinski definition) is 1. The molecule has 0 radical (unpaired) electrons. The summed E-state index contributed by atoms with van der Waals surface area (Å²) in [4.78, 5) is 32.4. The molecule has 0 saturated heterocycles. The summed E-state index contributed by atoms with van der Waals surface area (Å²) in [6.07, 6.45) is 0. The van der Waals surface area contributed by atoms with E-state index in [2.05, 4.69) is 26.2 Å². The first-order chi connectivity index (χ1) is 13.3. The summed E-state index contributed by atoms with van der Waals surface area (Å²) >= 11 is 3.39. The number of halogens is 1. The number of urea groups is 1. The van der Waals surface area contributed by atoms with Gasteiger partial charge in [-0.15, -0.1) is 0 Å². The molecule has 1 N–H and O–H groups in total. The summed E-state index contributed by atoms with van der Waals surface area (Å²) < 4.78 is 2.83. The van der Waals surface area contributed by atoms with E-state index in [1.165, 1.54) is 4.90 Å². The monoisotopic (exact) mass is 443 g/mol. The van der Waals surface area contributed by atoms with Crippen LogP contribution in [0.25, 0.3) is 11.0 Å². The number of anilines is 1. The van der Waals surface area contributed by atoms with Crippen molar-refractivity contribution in [2.75, 3.05) is 26.5 Å². The second kappa shape index (κ2) is 8.02. The lowest BCUT2D eigenvalue weighted by Crippen LogP contribution is -2.31. The van der Waals surface area contributed by atoms with Crippen LogP contribution >= 0.6 is 15.9 Å². The number of amides is 3. The number of nitrogens with zero attached hydrogens (tertiary/aromatic N) is 4. The first-order valence-electron chi connectivity index (χ1n) is 8.71. The SMILES string of the molecule is CN(C)C(=O)c1ccc2c(c1)nc(CN(C)C(=O)Nc1cccc(Br)c1)n2C. The molecule has 0 bridgehead atoms. The molecule has 0 unspecified atom stereocenters. The van der Waals surface area contributed by atoms with E-state index in [0.29, 0.717) is 17.8 Å². The molecule has 0 aliphatic rings. The van der Waals surface area contributed by atoms with Gasteiger partial charge in [-0.2, -0.15) is 0 Å². The Morgan fingerprint density at radius 3 is 2.57 bits per heavy atom. The van der Waals surface area contributed by atoms with Crippen LogP contribution in [0, 0.1) is 0 Å². The minimum atomic E-state index is -0.228. The molecular weight excluding hydrogens is 422 g/mol. The van der Waals surface area contributed by atoms with Gasteiger partial charge in [-0.3, -0.25) is 4.79 Å². The fourth-order valence-corrected chi connectivity index (χ4v) is 3.25. The maximum Gasteiger partial charge on any atom is 0.321 e. The second-order valence-electron chi connectivity index (χ2n) is 6.79. The van der Waals surface area contributed by atoms with Gasteiger partial charge in [0.2, 0.25) is 0 Å². The molecule has 3 aromatic rings. The molecule has 1 aromatic heterocycles. The minimum Gasteiger partial charge on any atom is -0.345 e. The van der Waals surface area contributed by atoms with E-state index in [0.717, 1.165) is 21.3 Å². The van der Waals surface area contributed by atoms with E-state index in [9.17, 15) is 9.59 Å². The molecule has 8 heteroatoms. The van der Waals surface area contributed by atoms with Crippen molar-refractivity contribution in [1.82, 2.24) is 19.4 Å². The zero-order valence-electron chi connectivity index (χ0n) is 16.2. The van der Waals surface area contributed by atoms with Gasteiger partial charge >= 0.3 is 6.03 Å². The van der Waals surface area contributed by atoms with Gasteiger partial charge < -0.3 is 19.7 Å². The largest absolute Gasteiger partial charge is 0.345 e. The van der Waals surface area contributed by atoms with Crippen LogP contribution in [0.2, 0.25) is 0 Å².